The predicted molar refractivity (Wildman–Crippen MR) is 51.6 cm³/mol. The standard InChI is InChI=1S/C10H14F3NO2/c11-10(12,13)7-14(5-6-15)9(16)8-3-1-2-4-8/h1-2,8,15H,3-7H2. The molecule has 16 heavy (non-hydrogen) atoms. The summed E-state index contributed by atoms with van der Waals surface area (Å²) in [6, 6.07) is 0. The lowest BCUT2D eigenvalue weighted by Gasteiger charge is -2.25. The molecule has 6 heteroatoms. The molecule has 0 aromatic rings. The molecule has 1 aliphatic rings. The van der Waals surface area contributed by atoms with Crippen LogP contribution in [0.5, 0.6) is 0 Å². The van der Waals surface area contributed by atoms with Gasteiger partial charge >= 0.3 is 6.18 Å². The molecule has 0 fully saturated rings. The molecule has 0 radical (unpaired) electrons. The van der Waals surface area contributed by atoms with Crippen LogP contribution in [0.15, 0.2) is 12.2 Å². The van der Waals surface area contributed by atoms with Crippen LogP contribution < -0.4 is 0 Å². The number of aliphatic hydroxyl groups excluding tert-OH is 1. The van der Waals surface area contributed by atoms with Crippen LogP contribution in [0, 0.1) is 5.92 Å². The average molecular weight is 237 g/mol. The van der Waals surface area contributed by atoms with Gasteiger partial charge in [-0.05, 0) is 12.8 Å². The zero-order valence-corrected chi connectivity index (χ0v) is 8.70. The molecule has 1 aliphatic carbocycles. The van der Waals surface area contributed by atoms with Crippen molar-refractivity contribution in [3.05, 3.63) is 12.2 Å². The van der Waals surface area contributed by atoms with Gasteiger partial charge in [-0.1, -0.05) is 12.2 Å². The highest BCUT2D eigenvalue weighted by Gasteiger charge is 2.35. The van der Waals surface area contributed by atoms with Crippen molar-refractivity contribution in [1.82, 2.24) is 4.90 Å². The van der Waals surface area contributed by atoms with Gasteiger partial charge in [-0.25, -0.2) is 0 Å². The smallest absolute Gasteiger partial charge is 0.395 e. The van der Waals surface area contributed by atoms with Crippen molar-refractivity contribution in [1.29, 1.82) is 0 Å². The number of hydrogen-bond donors (Lipinski definition) is 1. The summed E-state index contributed by atoms with van der Waals surface area (Å²) in [7, 11) is 0. The van der Waals surface area contributed by atoms with Gasteiger partial charge < -0.3 is 10.0 Å². The van der Waals surface area contributed by atoms with Gasteiger partial charge in [0.2, 0.25) is 5.91 Å². The third kappa shape index (κ3) is 3.84. The summed E-state index contributed by atoms with van der Waals surface area (Å²) < 4.78 is 36.6. The first kappa shape index (κ1) is 13.0. The van der Waals surface area contributed by atoms with Crippen LogP contribution in [0.2, 0.25) is 0 Å². The van der Waals surface area contributed by atoms with E-state index in [2.05, 4.69) is 0 Å². The van der Waals surface area contributed by atoms with E-state index in [0.29, 0.717) is 17.7 Å². The molecule has 0 saturated carbocycles. The quantitative estimate of drug-likeness (QED) is 0.749. The number of allylic oxidation sites excluding steroid dienone is 2. The van der Waals surface area contributed by atoms with E-state index < -0.39 is 31.2 Å². The lowest BCUT2D eigenvalue weighted by atomic mass is 10.1. The largest absolute Gasteiger partial charge is 0.406 e. The fraction of sp³-hybridized carbons (Fsp3) is 0.700. The third-order valence-electron chi connectivity index (χ3n) is 2.41. The van der Waals surface area contributed by atoms with Crippen LogP contribution in [-0.2, 0) is 4.79 Å². The number of carbonyl (C=O) groups excluding carboxylic acids is 1. The van der Waals surface area contributed by atoms with E-state index in [1.54, 1.807) is 12.2 Å². The van der Waals surface area contributed by atoms with Gasteiger partial charge in [0.15, 0.2) is 0 Å². The minimum atomic E-state index is -4.42. The summed E-state index contributed by atoms with van der Waals surface area (Å²) >= 11 is 0. The first-order valence-corrected chi connectivity index (χ1v) is 5.05. The molecule has 1 amide bonds. The lowest BCUT2D eigenvalue weighted by Crippen LogP contribution is -2.43. The van der Waals surface area contributed by atoms with Gasteiger partial charge in [0, 0.05) is 12.5 Å². The van der Waals surface area contributed by atoms with Crippen molar-refractivity contribution in [2.75, 3.05) is 19.7 Å². The Bertz CT molecular complexity index is 268. The number of carbonyl (C=O) groups is 1. The number of halogens is 3. The van der Waals surface area contributed by atoms with E-state index in [9.17, 15) is 18.0 Å². The molecule has 0 spiro atoms. The van der Waals surface area contributed by atoms with E-state index in [0.717, 1.165) is 0 Å². The third-order valence-corrected chi connectivity index (χ3v) is 2.41. The highest BCUT2D eigenvalue weighted by atomic mass is 19.4. The van der Waals surface area contributed by atoms with Gasteiger partial charge in [0.1, 0.15) is 6.54 Å². The summed E-state index contributed by atoms with van der Waals surface area (Å²) in [6.45, 7) is -2.01. The van der Waals surface area contributed by atoms with Crippen molar-refractivity contribution < 1.29 is 23.1 Å². The Labute approximate surface area is 91.5 Å². The summed E-state index contributed by atoms with van der Waals surface area (Å²) in [6.07, 6.45) is 0.120. The Hall–Kier alpha value is -1.04. The Kier molecular flexibility index (Phi) is 4.35. The Morgan fingerprint density at radius 3 is 2.38 bits per heavy atom. The predicted octanol–water partition coefficient (Wildman–Crippen LogP) is 1.34. The van der Waals surface area contributed by atoms with Gasteiger partial charge in [-0.15, -0.1) is 0 Å². The highest BCUT2D eigenvalue weighted by Crippen LogP contribution is 2.23. The Balaban J connectivity index is 2.58. The van der Waals surface area contributed by atoms with E-state index in [4.69, 9.17) is 5.11 Å². The maximum Gasteiger partial charge on any atom is 0.406 e. The summed E-state index contributed by atoms with van der Waals surface area (Å²) in [4.78, 5) is 12.4. The van der Waals surface area contributed by atoms with Crippen LogP contribution in [0.1, 0.15) is 12.8 Å². The lowest BCUT2D eigenvalue weighted by molar-refractivity contribution is -0.164. The molecule has 0 aliphatic heterocycles. The highest BCUT2D eigenvalue weighted by molar-refractivity contribution is 5.79. The summed E-state index contributed by atoms with van der Waals surface area (Å²) in [5.74, 6) is -0.926. The first-order chi connectivity index (χ1) is 7.44. The topological polar surface area (TPSA) is 40.5 Å². The number of aliphatic hydroxyl groups is 1. The van der Waals surface area contributed by atoms with Crippen molar-refractivity contribution in [2.24, 2.45) is 5.92 Å². The molecule has 3 nitrogen and oxygen atoms in total. The molecule has 0 bridgehead atoms. The molecule has 0 atom stereocenters. The second kappa shape index (κ2) is 5.34. The van der Waals surface area contributed by atoms with E-state index in [1.807, 2.05) is 0 Å². The van der Waals surface area contributed by atoms with Crippen molar-refractivity contribution in [3.8, 4) is 0 Å². The van der Waals surface area contributed by atoms with Crippen molar-refractivity contribution >= 4 is 5.91 Å². The Morgan fingerprint density at radius 1 is 1.38 bits per heavy atom. The fourth-order valence-corrected chi connectivity index (χ4v) is 1.68. The molecule has 0 aromatic carbocycles. The van der Waals surface area contributed by atoms with E-state index in [-0.39, 0.29) is 6.54 Å². The number of nitrogens with zero attached hydrogens (tertiary/aromatic N) is 1. The molecule has 92 valence electrons. The number of hydrogen-bond acceptors (Lipinski definition) is 2. The van der Waals surface area contributed by atoms with E-state index in [1.165, 1.54) is 0 Å². The summed E-state index contributed by atoms with van der Waals surface area (Å²) in [5.41, 5.74) is 0. The normalized spacial score (nSPS) is 16.8. The van der Waals surface area contributed by atoms with Crippen LogP contribution >= 0.6 is 0 Å². The minimum Gasteiger partial charge on any atom is -0.395 e. The zero-order valence-electron chi connectivity index (χ0n) is 8.70. The molecule has 0 unspecified atom stereocenters. The first-order valence-electron chi connectivity index (χ1n) is 5.05. The van der Waals surface area contributed by atoms with Gasteiger partial charge in [0.25, 0.3) is 0 Å². The average Bonchev–Trinajstić information content (AvgIpc) is 2.66. The second-order valence-electron chi connectivity index (χ2n) is 3.74. The molecule has 0 heterocycles. The zero-order chi connectivity index (χ0) is 12.2. The monoisotopic (exact) mass is 237 g/mol. The van der Waals surface area contributed by atoms with Gasteiger partial charge in [0.05, 0.1) is 6.61 Å². The number of amides is 1. The number of rotatable bonds is 4. The Morgan fingerprint density at radius 2 is 1.94 bits per heavy atom. The molecule has 0 saturated heterocycles. The maximum atomic E-state index is 12.2. The molecular weight excluding hydrogens is 223 g/mol. The van der Waals surface area contributed by atoms with Crippen LogP contribution in [0.4, 0.5) is 13.2 Å². The van der Waals surface area contributed by atoms with Gasteiger partial charge in [-0.2, -0.15) is 13.2 Å². The molecule has 0 aromatic heterocycles. The van der Waals surface area contributed by atoms with Gasteiger partial charge in [-0.3, -0.25) is 4.79 Å². The second-order valence-corrected chi connectivity index (χ2v) is 3.74. The van der Waals surface area contributed by atoms with Crippen molar-refractivity contribution in [2.45, 2.75) is 19.0 Å². The van der Waals surface area contributed by atoms with E-state index >= 15 is 0 Å². The number of alkyl halides is 3. The van der Waals surface area contributed by atoms with Crippen LogP contribution in [0.3, 0.4) is 0 Å². The van der Waals surface area contributed by atoms with Crippen molar-refractivity contribution in [3.63, 3.8) is 0 Å². The molecular formula is C10H14F3NO2. The SMILES string of the molecule is O=C(C1CC=CC1)N(CCO)CC(F)(F)F. The molecule has 1 N–H and O–H groups in total. The van der Waals surface area contributed by atoms with Crippen LogP contribution in [-0.4, -0.2) is 41.8 Å². The van der Waals surface area contributed by atoms with Crippen LogP contribution in [0.25, 0.3) is 0 Å². The fourth-order valence-electron chi connectivity index (χ4n) is 1.68. The maximum absolute atomic E-state index is 12.2. The molecule has 1 rings (SSSR count). The summed E-state index contributed by atoms with van der Waals surface area (Å²) in [5, 5.41) is 8.65. The minimum absolute atomic E-state index is 0.269.